The maximum Gasteiger partial charge on any atom is 0.316 e. The second-order valence-corrected chi connectivity index (χ2v) is 9.00. The molecule has 3 aromatic rings. The van der Waals surface area contributed by atoms with Crippen molar-refractivity contribution >= 4 is 23.1 Å². The first-order chi connectivity index (χ1) is 17.1. The smallest absolute Gasteiger partial charge is 0.316 e. The van der Waals surface area contributed by atoms with Gasteiger partial charge < -0.3 is 20.1 Å². The number of carbonyl (C=O) groups is 2. The third-order valence-corrected chi connectivity index (χ3v) is 6.69. The molecule has 1 aliphatic heterocycles. The summed E-state index contributed by atoms with van der Waals surface area (Å²) in [7, 11) is 1.33. The van der Waals surface area contributed by atoms with Crippen LogP contribution in [-0.2, 0) is 20.9 Å². The Morgan fingerprint density at radius 3 is 2.40 bits per heavy atom. The number of rotatable bonds is 5. The lowest BCUT2D eigenvalue weighted by atomic mass is 9.74. The molecule has 0 fully saturated rings. The molecule has 0 amide bonds. The van der Waals surface area contributed by atoms with Gasteiger partial charge in [0.15, 0.2) is 5.78 Å². The number of benzene rings is 3. The molecule has 0 bridgehead atoms. The van der Waals surface area contributed by atoms with E-state index in [1.165, 1.54) is 7.11 Å². The third-order valence-electron chi connectivity index (χ3n) is 6.69. The molecule has 35 heavy (non-hydrogen) atoms. The highest BCUT2D eigenvalue weighted by Crippen LogP contribution is 2.45. The first-order valence-electron chi connectivity index (χ1n) is 11.8. The summed E-state index contributed by atoms with van der Waals surface area (Å²) in [5, 5.41) is 7.04. The fraction of sp³-hybridized carbons (Fsp3) is 0.241. The van der Waals surface area contributed by atoms with Gasteiger partial charge in [-0.05, 0) is 36.1 Å². The lowest BCUT2D eigenvalue weighted by Crippen LogP contribution is -2.39. The molecule has 0 aromatic heterocycles. The van der Waals surface area contributed by atoms with E-state index in [4.69, 9.17) is 9.47 Å². The Balaban J connectivity index is 1.59. The molecular formula is C29H28N2O4. The predicted octanol–water partition coefficient (Wildman–Crippen LogP) is 5.50. The van der Waals surface area contributed by atoms with Crippen LogP contribution in [0, 0.1) is 11.8 Å². The van der Waals surface area contributed by atoms with Gasteiger partial charge in [-0.1, -0.05) is 67.6 Å². The molecule has 178 valence electrons. The summed E-state index contributed by atoms with van der Waals surface area (Å²) in [5.41, 5.74) is 5.02. The van der Waals surface area contributed by atoms with E-state index in [2.05, 4.69) is 10.6 Å². The molecule has 2 aliphatic rings. The fourth-order valence-electron chi connectivity index (χ4n) is 4.95. The van der Waals surface area contributed by atoms with Crippen molar-refractivity contribution in [2.75, 3.05) is 17.7 Å². The van der Waals surface area contributed by atoms with Crippen molar-refractivity contribution in [2.45, 2.75) is 26.0 Å². The zero-order valence-electron chi connectivity index (χ0n) is 19.8. The van der Waals surface area contributed by atoms with E-state index in [1.807, 2.05) is 85.8 Å². The Morgan fingerprint density at radius 1 is 0.943 bits per heavy atom. The Bertz CT molecular complexity index is 1280. The number of esters is 1. The fourth-order valence-corrected chi connectivity index (χ4v) is 4.95. The average Bonchev–Trinajstić information content (AvgIpc) is 3.04. The number of Topliss-reactive ketones (excluding diaryl/α,β-unsaturated/α-hetero) is 1. The van der Waals surface area contributed by atoms with Crippen molar-refractivity contribution in [2.24, 2.45) is 11.8 Å². The van der Waals surface area contributed by atoms with Crippen LogP contribution < -0.4 is 15.4 Å². The molecule has 0 saturated heterocycles. The van der Waals surface area contributed by atoms with Crippen LogP contribution in [0.2, 0.25) is 0 Å². The van der Waals surface area contributed by atoms with Crippen LogP contribution in [0.5, 0.6) is 5.75 Å². The van der Waals surface area contributed by atoms with E-state index in [1.54, 1.807) is 0 Å². The molecule has 5 rings (SSSR count). The number of nitrogens with one attached hydrogen (secondary N) is 2. The van der Waals surface area contributed by atoms with E-state index in [0.717, 1.165) is 28.2 Å². The highest BCUT2D eigenvalue weighted by atomic mass is 16.5. The van der Waals surface area contributed by atoms with Crippen molar-refractivity contribution in [3.8, 4) is 5.75 Å². The molecule has 0 radical (unpaired) electrons. The Morgan fingerprint density at radius 2 is 1.63 bits per heavy atom. The van der Waals surface area contributed by atoms with Gasteiger partial charge in [-0.3, -0.25) is 9.59 Å². The SMILES string of the molecule is COC(=O)[C@@H]1C(=O)C2=C(C[C@@H]1C)Nc1ccccc1N[C@@H]2c1ccccc1OCc1ccccc1. The number of anilines is 2. The largest absolute Gasteiger partial charge is 0.489 e. The van der Waals surface area contributed by atoms with Crippen LogP contribution >= 0.6 is 0 Å². The lowest BCUT2D eigenvalue weighted by molar-refractivity contribution is -0.151. The molecule has 0 unspecified atom stereocenters. The van der Waals surface area contributed by atoms with E-state index in [-0.39, 0.29) is 11.7 Å². The molecule has 0 spiro atoms. The number of para-hydroxylation sites is 3. The normalized spacial score (nSPS) is 21.1. The maximum atomic E-state index is 13.9. The molecule has 6 nitrogen and oxygen atoms in total. The number of ether oxygens (including phenoxy) is 2. The molecule has 3 atom stereocenters. The maximum absolute atomic E-state index is 13.9. The minimum Gasteiger partial charge on any atom is -0.489 e. The number of hydrogen-bond acceptors (Lipinski definition) is 6. The highest BCUT2D eigenvalue weighted by molar-refractivity contribution is 6.11. The molecular weight excluding hydrogens is 440 g/mol. The first kappa shape index (κ1) is 22.7. The lowest BCUT2D eigenvalue weighted by Gasteiger charge is -2.33. The van der Waals surface area contributed by atoms with Crippen LogP contribution in [0.1, 0.15) is 30.5 Å². The van der Waals surface area contributed by atoms with Crippen LogP contribution in [0.3, 0.4) is 0 Å². The van der Waals surface area contributed by atoms with E-state index < -0.39 is 17.9 Å². The Hall–Kier alpha value is -4.06. The number of fused-ring (bicyclic) bond motifs is 1. The third kappa shape index (κ3) is 4.39. The number of methoxy groups -OCH3 is 1. The Labute approximate surface area is 205 Å². The summed E-state index contributed by atoms with van der Waals surface area (Å²) in [6, 6.07) is 25.1. The number of allylic oxidation sites excluding steroid dienone is 1. The van der Waals surface area contributed by atoms with Crippen molar-refractivity contribution in [3.63, 3.8) is 0 Å². The summed E-state index contributed by atoms with van der Waals surface area (Å²) in [4.78, 5) is 26.5. The van der Waals surface area contributed by atoms with Gasteiger partial charge in [-0.15, -0.1) is 0 Å². The van der Waals surface area contributed by atoms with Crippen molar-refractivity contribution in [1.82, 2.24) is 0 Å². The minimum absolute atomic E-state index is 0.184. The van der Waals surface area contributed by atoms with Gasteiger partial charge >= 0.3 is 5.97 Å². The molecule has 1 heterocycles. The van der Waals surface area contributed by atoms with Crippen LogP contribution in [0.15, 0.2) is 90.1 Å². The van der Waals surface area contributed by atoms with Gasteiger partial charge in [0.1, 0.15) is 18.3 Å². The number of hydrogen-bond donors (Lipinski definition) is 2. The van der Waals surface area contributed by atoms with Crippen LogP contribution in [-0.4, -0.2) is 18.9 Å². The van der Waals surface area contributed by atoms with E-state index in [0.29, 0.717) is 24.4 Å². The van der Waals surface area contributed by atoms with Gasteiger partial charge in [0.25, 0.3) is 0 Å². The first-order valence-corrected chi connectivity index (χ1v) is 11.8. The van der Waals surface area contributed by atoms with Crippen molar-refractivity contribution < 1.29 is 19.1 Å². The number of carbonyl (C=O) groups excluding carboxylic acids is 2. The second-order valence-electron chi connectivity index (χ2n) is 9.00. The Kier molecular flexibility index (Phi) is 6.27. The highest BCUT2D eigenvalue weighted by Gasteiger charge is 2.44. The van der Waals surface area contributed by atoms with E-state index >= 15 is 0 Å². The predicted molar refractivity (Wildman–Crippen MR) is 135 cm³/mol. The minimum atomic E-state index is -0.844. The van der Waals surface area contributed by atoms with Crippen LogP contribution in [0.25, 0.3) is 0 Å². The molecule has 1 aliphatic carbocycles. The topological polar surface area (TPSA) is 76.7 Å². The summed E-state index contributed by atoms with van der Waals surface area (Å²) >= 11 is 0. The average molecular weight is 469 g/mol. The molecule has 2 N–H and O–H groups in total. The summed E-state index contributed by atoms with van der Waals surface area (Å²) in [5.74, 6) is -1.06. The van der Waals surface area contributed by atoms with E-state index in [9.17, 15) is 9.59 Å². The van der Waals surface area contributed by atoms with Crippen LogP contribution in [0.4, 0.5) is 11.4 Å². The van der Waals surface area contributed by atoms with Gasteiger partial charge in [0, 0.05) is 16.8 Å². The van der Waals surface area contributed by atoms with Gasteiger partial charge in [0.2, 0.25) is 0 Å². The molecule has 3 aromatic carbocycles. The van der Waals surface area contributed by atoms with Gasteiger partial charge in [-0.2, -0.15) is 0 Å². The van der Waals surface area contributed by atoms with Gasteiger partial charge in [-0.25, -0.2) is 0 Å². The monoisotopic (exact) mass is 468 g/mol. The van der Waals surface area contributed by atoms with Crippen molar-refractivity contribution in [3.05, 3.63) is 101 Å². The standard InChI is InChI=1S/C29H28N2O4/c1-18-16-23-26(28(32)25(18)29(33)34-2)27(31-22-14-8-7-13-21(22)30-23)20-12-6-9-15-24(20)35-17-19-10-4-3-5-11-19/h3-15,18,25,27,30-31H,16-17H2,1-2H3/t18-,25-,27+/m0/s1. The van der Waals surface area contributed by atoms with Gasteiger partial charge in [0.05, 0.1) is 24.5 Å². The molecule has 6 heteroatoms. The summed E-state index contributed by atoms with van der Waals surface area (Å²) < 4.78 is 11.3. The van der Waals surface area contributed by atoms with Crippen molar-refractivity contribution in [1.29, 1.82) is 0 Å². The summed E-state index contributed by atoms with van der Waals surface area (Å²) in [6.07, 6.45) is 0.556. The quantitative estimate of drug-likeness (QED) is 0.381. The molecule has 0 saturated carbocycles. The zero-order valence-corrected chi connectivity index (χ0v) is 19.8. The zero-order chi connectivity index (χ0) is 24.4. The number of ketones is 1. The second kappa shape index (κ2) is 9.66. The summed E-state index contributed by atoms with van der Waals surface area (Å²) in [6.45, 7) is 2.32.